The lowest BCUT2D eigenvalue weighted by atomic mass is 10.2. The van der Waals surface area contributed by atoms with Crippen LogP contribution in [0.1, 0.15) is 16.6 Å². The van der Waals surface area contributed by atoms with Gasteiger partial charge in [0.2, 0.25) is 5.91 Å². The predicted molar refractivity (Wildman–Crippen MR) is 60.9 cm³/mol. The van der Waals surface area contributed by atoms with Crippen molar-refractivity contribution in [2.24, 2.45) is 0 Å². The molecule has 0 aromatic carbocycles. The number of carboxylic acid groups (broad SMARTS) is 1. The Balaban J connectivity index is 2.69. The number of fused-ring (bicyclic) bond motifs is 1. The van der Waals surface area contributed by atoms with E-state index in [0.29, 0.717) is 15.9 Å². The molecule has 0 aliphatic carbocycles. The monoisotopic (exact) mass is 236 g/mol. The van der Waals surface area contributed by atoms with Gasteiger partial charge in [0, 0.05) is 18.5 Å². The number of anilines is 1. The highest BCUT2D eigenvalue weighted by Crippen LogP contribution is 2.34. The molecule has 6 heteroatoms. The van der Waals surface area contributed by atoms with Crippen molar-refractivity contribution in [2.45, 2.75) is 6.92 Å². The van der Waals surface area contributed by atoms with E-state index in [9.17, 15) is 9.59 Å². The van der Waals surface area contributed by atoms with Crippen LogP contribution in [0.4, 0.5) is 5.69 Å². The van der Waals surface area contributed by atoms with Gasteiger partial charge < -0.3 is 10.4 Å². The summed E-state index contributed by atoms with van der Waals surface area (Å²) in [7, 11) is 0. The van der Waals surface area contributed by atoms with Gasteiger partial charge in [0.15, 0.2) is 0 Å². The summed E-state index contributed by atoms with van der Waals surface area (Å²) in [6.45, 7) is 1.34. The molecule has 0 saturated heterocycles. The Morgan fingerprint density at radius 3 is 2.88 bits per heavy atom. The summed E-state index contributed by atoms with van der Waals surface area (Å²) in [6, 6.07) is 3.43. The molecular weight excluding hydrogens is 228 g/mol. The largest absolute Gasteiger partial charge is 0.477 e. The van der Waals surface area contributed by atoms with E-state index < -0.39 is 5.97 Å². The summed E-state index contributed by atoms with van der Waals surface area (Å²) in [5, 5.41) is 12.2. The molecule has 1 amide bonds. The number of nitrogens with zero attached hydrogens (tertiary/aromatic N) is 1. The standard InChI is InChI=1S/C10H8N2O3S/c1-5(13)12-7-6-3-2-4-11-9(6)16-8(7)10(14)15/h2-4H,1H3,(H,12,13)(H,14,15). The average molecular weight is 236 g/mol. The second-order valence-electron chi connectivity index (χ2n) is 3.15. The van der Waals surface area contributed by atoms with Gasteiger partial charge in [-0.2, -0.15) is 0 Å². The van der Waals surface area contributed by atoms with Gasteiger partial charge in [-0.15, -0.1) is 11.3 Å². The van der Waals surface area contributed by atoms with Gasteiger partial charge in [0.05, 0.1) is 5.69 Å². The van der Waals surface area contributed by atoms with Crippen LogP contribution in [0.2, 0.25) is 0 Å². The topological polar surface area (TPSA) is 79.3 Å². The van der Waals surface area contributed by atoms with Crippen molar-refractivity contribution in [3.63, 3.8) is 0 Å². The smallest absolute Gasteiger partial charge is 0.348 e. The van der Waals surface area contributed by atoms with E-state index in [1.165, 1.54) is 6.92 Å². The predicted octanol–water partition coefficient (Wildman–Crippen LogP) is 1.95. The van der Waals surface area contributed by atoms with Crippen molar-refractivity contribution in [3.8, 4) is 0 Å². The SMILES string of the molecule is CC(=O)Nc1c(C(=O)O)sc2ncccc12. The molecule has 0 bridgehead atoms. The number of carboxylic acids is 1. The van der Waals surface area contributed by atoms with Crippen LogP contribution < -0.4 is 5.32 Å². The van der Waals surface area contributed by atoms with Gasteiger partial charge in [-0.25, -0.2) is 9.78 Å². The second-order valence-corrected chi connectivity index (χ2v) is 4.15. The first-order chi connectivity index (χ1) is 7.59. The zero-order valence-electron chi connectivity index (χ0n) is 8.35. The fraction of sp³-hybridized carbons (Fsp3) is 0.100. The van der Waals surface area contributed by atoms with Crippen molar-refractivity contribution >= 4 is 39.1 Å². The summed E-state index contributed by atoms with van der Waals surface area (Å²) in [5.74, 6) is -1.36. The number of thiophene rings is 1. The molecule has 0 saturated carbocycles. The number of carbonyl (C=O) groups is 2. The number of hydrogen-bond acceptors (Lipinski definition) is 4. The van der Waals surface area contributed by atoms with Crippen molar-refractivity contribution in [2.75, 3.05) is 5.32 Å². The first-order valence-corrected chi connectivity index (χ1v) is 5.29. The van der Waals surface area contributed by atoms with Crippen LogP contribution in [-0.2, 0) is 4.79 Å². The van der Waals surface area contributed by atoms with Crippen molar-refractivity contribution in [1.82, 2.24) is 4.98 Å². The minimum absolute atomic E-state index is 0.101. The molecule has 0 spiro atoms. The Labute approximate surface area is 94.7 Å². The highest BCUT2D eigenvalue weighted by Gasteiger charge is 2.18. The van der Waals surface area contributed by atoms with Gasteiger partial charge >= 0.3 is 5.97 Å². The summed E-state index contributed by atoms with van der Waals surface area (Å²) in [6.07, 6.45) is 1.59. The van der Waals surface area contributed by atoms with Crippen LogP contribution in [-0.4, -0.2) is 22.0 Å². The normalized spacial score (nSPS) is 10.3. The third-order valence-electron chi connectivity index (χ3n) is 1.96. The fourth-order valence-corrected chi connectivity index (χ4v) is 2.32. The summed E-state index contributed by atoms with van der Waals surface area (Å²) in [5.41, 5.74) is 0.327. The molecule has 16 heavy (non-hydrogen) atoms. The number of aromatic nitrogens is 1. The van der Waals surface area contributed by atoms with E-state index in [1.807, 2.05) is 0 Å². The van der Waals surface area contributed by atoms with Crippen LogP contribution in [0.5, 0.6) is 0 Å². The van der Waals surface area contributed by atoms with E-state index in [0.717, 1.165) is 11.3 Å². The quantitative estimate of drug-likeness (QED) is 0.835. The van der Waals surface area contributed by atoms with Gasteiger partial charge in [-0.3, -0.25) is 4.79 Å². The third-order valence-corrected chi connectivity index (χ3v) is 3.06. The van der Waals surface area contributed by atoms with E-state index in [1.54, 1.807) is 18.3 Å². The maximum atomic E-state index is 11.0. The minimum atomic E-state index is -1.06. The number of carbonyl (C=O) groups excluding carboxylic acids is 1. The lowest BCUT2D eigenvalue weighted by Crippen LogP contribution is -2.08. The van der Waals surface area contributed by atoms with Crippen molar-refractivity contribution in [1.29, 1.82) is 0 Å². The van der Waals surface area contributed by atoms with Gasteiger partial charge in [-0.05, 0) is 12.1 Å². The Hall–Kier alpha value is -1.95. The molecule has 2 heterocycles. The Morgan fingerprint density at radius 2 is 2.25 bits per heavy atom. The fourth-order valence-electron chi connectivity index (χ4n) is 1.38. The van der Waals surface area contributed by atoms with Crippen LogP contribution in [0, 0.1) is 0 Å². The zero-order valence-corrected chi connectivity index (χ0v) is 9.17. The molecule has 0 radical (unpaired) electrons. The molecule has 5 nitrogen and oxygen atoms in total. The van der Waals surface area contributed by atoms with Crippen molar-refractivity contribution < 1.29 is 14.7 Å². The molecule has 0 atom stereocenters. The van der Waals surface area contributed by atoms with Crippen LogP contribution in [0.15, 0.2) is 18.3 Å². The zero-order chi connectivity index (χ0) is 11.7. The highest BCUT2D eigenvalue weighted by molar-refractivity contribution is 7.21. The number of pyridine rings is 1. The highest BCUT2D eigenvalue weighted by atomic mass is 32.1. The molecule has 0 aliphatic heterocycles. The third kappa shape index (κ3) is 1.74. The molecule has 2 aromatic heterocycles. The van der Waals surface area contributed by atoms with Crippen LogP contribution >= 0.6 is 11.3 Å². The molecule has 2 rings (SSSR count). The number of aromatic carboxylic acids is 1. The van der Waals surface area contributed by atoms with Gasteiger partial charge in [0.25, 0.3) is 0 Å². The number of rotatable bonds is 2. The Bertz CT molecular complexity index is 576. The summed E-state index contributed by atoms with van der Waals surface area (Å²) in [4.78, 5) is 26.8. The molecular formula is C10H8N2O3S. The van der Waals surface area contributed by atoms with Gasteiger partial charge in [0.1, 0.15) is 9.71 Å². The molecule has 0 unspecified atom stereocenters. The molecule has 2 aromatic rings. The van der Waals surface area contributed by atoms with E-state index in [-0.39, 0.29) is 10.8 Å². The van der Waals surface area contributed by atoms with E-state index in [2.05, 4.69) is 10.3 Å². The summed E-state index contributed by atoms with van der Waals surface area (Å²) < 4.78 is 0. The maximum absolute atomic E-state index is 11.0. The van der Waals surface area contributed by atoms with Crippen LogP contribution in [0.3, 0.4) is 0 Å². The Kier molecular flexibility index (Phi) is 2.57. The Morgan fingerprint density at radius 1 is 1.50 bits per heavy atom. The van der Waals surface area contributed by atoms with E-state index in [4.69, 9.17) is 5.11 Å². The first kappa shape index (κ1) is 10.6. The maximum Gasteiger partial charge on any atom is 0.348 e. The lowest BCUT2D eigenvalue weighted by Gasteiger charge is -2.01. The number of hydrogen-bond donors (Lipinski definition) is 2. The van der Waals surface area contributed by atoms with E-state index >= 15 is 0 Å². The van der Waals surface area contributed by atoms with Crippen molar-refractivity contribution in [3.05, 3.63) is 23.2 Å². The average Bonchev–Trinajstić information content (AvgIpc) is 2.57. The lowest BCUT2D eigenvalue weighted by molar-refractivity contribution is -0.114. The molecule has 0 aliphatic rings. The van der Waals surface area contributed by atoms with Crippen LogP contribution in [0.25, 0.3) is 10.2 Å². The number of nitrogens with one attached hydrogen (secondary N) is 1. The second kappa shape index (κ2) is 3.90. The molecule has 0 fully saturated rings. The molecule has 2 N–H and O–H groups in total. The summed E-state index contributed by atoms with van der Waals surface area (Å²) >= 11 is 1.05. The van der Waals surface area contributed by atoms with Gasteiger partial charge in [-0.1, -0.05) is 0 Å². The first-order valence-electron chi connectivity index (χ1n) is 4.48. The molecule has 82 valence electrons. The minimum Gasteiger partial charge on any atom is -0.477 e. The number of amides is 1.